The van der Waals surface area contributed by atoms with E-state index in [1.807, 2.05) is 0 Å². The normalized spacial score (nSPS) is 11.3. The van der Waals surface area contributed by atoms with E-state index < -0.39 is 0 Å². The fraction of sp³-hybridized carbons (Fsp3) is 0.750. The molecule has 80 valence electrons. The van der Waals surface area contributed by atoms with Crippen LogP contribution in [0.3, 0.4) is 0 Å². The topological polar surface area (TPSA) is 15.8 Å². The van der Waals surface area contributed by atoms with E-state index in [2.05, 4.69) is 25.0 Å². The Balaban J connectivity index is 1.99. The molecular formula is C12H22NP. The standard InChI is InChI=1S/C12H22NP/c1-3-4-5-6-7-8-9-12-13-10-11(2)14-12/h10,13H,3-9H2,1-2H3. The van der Waals surface area contributed by atoms with Gasteiger partial charge < -0.3 is 4.98 Å². The van der Waals surface area contributed by atoms with E-state index in [-0.39, 0.29) is 0 Å². The van der Waals surface area contributed by atoms with Crippen LogP contribution in [-0.2, 0) is 6.42 Å². The molecule has 0 atom stereocenters. The number of nitrogens with one attached hydrogen (secondary N) is 1. The molecule has 0 aliphatic heterocycles. The van der Waals surface area contributed by atoms with Gasteiger partial charge in [0, 0.05) is 11.6 Å². The first-order valence-corrected chi connectivity index (χ1v) is 6.73. The van der Waals surface area contributed by atoms with Gasteiger partial charge in [-0.1, -0.05) is 39.0 Å². The maximum absolute atomic E-state index is 3.35. The summed E-state index contributed by atoms with van der Waals surface area (Å²) in [7, 11) is 1.43. The van der Waals surface area contributed by atoms with Crippen LogP contribution in [0.4, 0.5) is 0 Å². The van der Waals surface area contributed by atoms with Crippen LogP contribution >= 0.6 is 8.19 Å². The monoisotopic (exact) mass is 211 g/mol. The molecule has 0 saturated carbocycles. The van der Waals surface area contributed by atoms with Crippen LogP contribution in [0, 0.1) is 6.92 Å². The molecule has 0 amide bonds. The van der Waals surface area contributed by atoms with Crippen LogP contribution in [-0.4, -0.2) is 4.98 Å². The quantitative estimate of drug-likeness (QED) is 0.623. The largest absolute Gasteiger partial charge is 0.361 e. The molecular weight excluding hydrogens is 189 g/mol. The minimum atomic E-state index is 1.27. The van der Waals surface area contributed by atoms with Crippen LogP contribution < -0.4 is 0 Å². The molecule has 1 aromatic rings. The van der Waals surface area contributed by atoms with Crippen molar-refractivity contribution < 1.29 is 0 Å². The average Bonchev–Trinajstić information content (AvgIpc) is 2.58. The van der Waals surface area contributed by atoms with Crippen molar-refractivity contribution in [2.75, 3.05) is 0 Å². The maximum atomic E-state index is 3.35. The van der Waals surface area contributed by atoms with Gasteiger partial charge in [0.2, 0.25) is 0 Å². The Labute approximate surface area is 89.4 Å². The van der Waals surface area contributed by atoms with Crippen molar-refractivity contribution in [1.29, 1.82) is 0 Å². The smallest absolute Gasteiger partial charge is 0.0427 e. The number of aryl methyl sites for hydroxylation is 2. The van der Waals surface area contributed by atoms with Gasteiger partial charge in [-0.25, -0.2) is 0 Å². The molecule has 1 N–H and O–H groups in total. The number of rotatable bonds is 7. The van der Waals surface area contributed by atoms with Crippen molar-refractivity contribution >= 4 is 8.19 Å². The maximum Gasteiger partial charge on any atom is 0.0427 e. The van der Waals surface area contributed by atoms with E-state index >= 15 is 0 Å². The van der Waals surface area contributed by atoms with Crippen molar-refractivity contribution in [2.24, 2.45) is 0 Å². The zero-order chi connectivity index (χ0) is 10.2. The molecule has 0 spiro atoms. The van der Waals surface area contributed by atoms with E-state index in [9.17, 15) is 0 Å². The second kappa shape index (κ2) is 7.06. The SMILES string of the molecule is CCCCCCCCc1[nH]cc(C)p1. The lowest BCUT2D eigenvalue weighted by Gasteiger charge is -1.99. The van der Waals surface area contributed by atoms with Gasteiger partial charge in [0.25, 0.3) is 0 Å². The number of hydrogen-bond donors (Lipinski definition) is 1. The van der Waals surface area contributed by atoms with Gasteiger partial charge in [-0.15, -0.1) is 0 Å². The second-order valence-electron chi connectivity index (χ2n) is 4.01. The number of aromatic nitrogens is 1. The van der Waals surface area contributed by atoms with Gasteiger partial charge in [-0.3, -0.25) is 0 Å². The lowest BCUT2D eigenvalue weighted by molar-refractivity contribution is 0.607. The van der Waals surface area contributed by atoms with Gasteiger partial charge in [0.05, 0.1) is 0 Å². The molecule has 1 nitrogen and oxygen atoms in total. The Morgan fingerprint density at radius 2 is 1.86 bits per heavy atom. The van der Waals surface area contributed by atoms with Gasteiger partial charge in [0.1, 0.15) is 0 Å². The highest BCUT2D eigenvalue weighted by atomic mass is 31.0. The molecule has 0 saturated heterocycles. The Morgan fingerprint density at radius 3 is 2.50 bits per heavy atom. The molecule has 0 aliphatic rings. The van der Waals surface area contributed by atoms with Crippen molar-refractivity contribution in [3.63, 3.8) is 0 Å². The third-order valence-corrected chi connectivity index (χ3v) is 3.63. The molecule has 0 aliphatic carbocycles. The third kappa shape index (κ3) is 4.81. The van der Waals surface area contributed by atoms with Gasteiger partial charge in [-0.2, -0.15) is 0 Å². The molecule has 0 fully saturated rings. The van der Waals surface area contributed by atoms with Crippen molar-refractivity contribution in [2.45, 2.75) is 58.8 Å². The molecule has 0 unspecified atom stereocenters. The first-order chi connectivity index (χ1) is 6.83. The Bertz CT molecular complexity index is 242. The molecule has 1 heterocycles. The Kier molecular flexibility index (Phi) is 5.94. The minimum absolute atomic E-state index is 1.27. The predicted octanol–water partition coefficient (Wildman–Crippen LogP) is 4.81. The number of aromatic amines is 1. The molecule has 0 aromatic carbocycles. The fourth-order valence-electron chi connectivity index (χ4n) is 1.67. The van der Waals surface area contributed by atoms with Gasteiger partial charge in [0.15, 0.2) is 0 Å². The van der Waals surface area contributed by atoms with Crippen LogP contribution in [0.15, 0.2) is 6.20 Å². The van der Waals surface area contributed by atoms with Crippen LogP contribution in [0.5, 0.6) is 0 Å². The Hall–Kier alpha value is -0.290. The van der Waals surface area contributed by atoms with Crippen LogP contribution in [0.1, 0.15) is 56.2 Å². The zero-order valence-electron chi connectivity index (χ0n) is 9.47. The first-order valence-electron chi connectivity index (χ1n) is 5.84. The summed E-state index contributed by atoms with van der Waals surface area (Å²) in [4.78, 5) is 3.35. The number of H-pyrrole nitrogens is 1. The van der Waals surface area contributed by atoms with E-state index in [1.54, 1.807) is 0 Å². The third-order valence-electron chi connectivity index (χ3n) is 2.53. The number of unbranched alkanes of at least 4 members (excludes halogenated alkanes) is 5. The summed E-state index contributed by atoms with van der Waals surface area (Å²) in [6.45, 7) is 4.45. The summed E-state index contributed by atoms with van der Waals surface area (Å²) in [6, 6.07) is 0. The zero-order valence-corrected chi connectivity index (χ0v) is 10.4. The Morgan fingerprint density at radius 1 is 1.14 bits per heavy atom. The second-order valence-corrected chi connectivity index (χ2v) is 5.48. The van der Waals surface area contributed by atoms with Crippen molar-refractivity contribution in [3.8, 4) is 0 Å². The van der Waals surface area contributed by atoms with Crippen molar-refractivity contribution in [3.05, 3.63) is 16.9 Å². The first kappa shape index (κ1) is 11.8. The summed E-state index contributed by atoms with van der Waals surface area (Å²) < 4.78 is 0. The van der Waals surface area contributed by atoms with Gasteiger partial charge in [-0.05, 0) is 33.3 Å². The predicted molar refractivity (Wildman–Crippen MR) is 65.1 cm³/mol. The highest BCUT2D eigenvalue weighted by Gasteiger charge is 1.96. The molecule has 2 heteroatoms. The number of hydrogen-bond acceptors (Lipinski definition) is 0. The van der Waals surface area contributed by atoms with Crippen LogP contribution in [0.25, 0.3) is 0 Å². The van der Waals surface area contributed by atoms with E-state index in [0.717, 1.165) is 0 Å². The van der Waals surface area contributed by atoms with Gasteiger partial charge >= 0.3 is 0 Å². The summed E-state index contributed by atoms with van der Waals surface area (Å²) in [5, 5.41) is 1.45. The summed E-state index contributed by atoms with van der Waals surface area (Å²) in [5.41, 5.74) is 1.50. The molecule has 0 radical (unpaired) electrons. The molecule has 1 aromatic heterocycles. The van der Waals surface area contributed by atoms with E-state index in [0.29, 0.717) is 0 Å². The van der Waals surface area contributed by atoms with Crippen LogP contribution in [0.2, 0.25) is 0 Å². The average molecular weight is 211 g/mol. The van der Waals surface area contributed by atoms with E-state index in [4.69, 9.17) is 0 Å². The summed E-state index contributed by atoms with van der Waals surface area (Å²) >= 11 is 0. The molecule has 14 heavy (non-hydrogen) atoms. The van der Waals surface area contributed by atoms with E-state index in [1.165, 1.54) is 63.9 Å². The fourth-order valence-corrected chi connectivity index (χ4v) is 2.62. The highest BCUT2D eigenvalue weighted by molar-refractivity contribution is 7.31. The highest BCUT2D eigenvalue weighted by Crippen LogP contribution is 2.20. The molecule has 1 rings (SSSR count). The summed E-state index contributed by atoms with van der Waals surface area (Å²) in [5.74, 6) is 0. The minimum Gasteiger partial charge on any atom is -0.361 e. The lowest BCUT2D eigenvalue weighted by atomic mass is 10.1. The lowest BCUT2D eigenvalue weighted by Crippen LogP contribution is -1.84. The molecule has 0 bridgehead atoms. The van der Waals surface area contributed by atoms with Crippen molar-refractivity contribution in [1.82, 2.24) is 4.98 Å². The summed E-state index contributed by atoms with van der Waals surface area (Å²) in [6.07, 6.45) is 11.8.